The number of aliphatic hydroxyl groups excluding tert-OH is 2. The molecule has 6 aromatic carbocycles. The third kappa shape index (κ3) is 20.3. The summed E-state index contributed by atoms with van der Waals surface area (Å²) in [6.45, 7) is 9.02. The van der Waals surface area contributed by atoms with Crippen LogP contribution >= 0.6 is 0 Å². The summed E-state index contributed by atoms with van der Waals surface area (Å²) in [6.07, 6.45) is 0.227. The molecule has 4 heterocycles. The number of unbranched alkanes of at least 4 members (excludes halogenated alkanes) is 2. The standard InChI is InChI=1S/C39H47N3O10S.C32H39N3O6S/c1-39(2,17-6-7-18-40)25-42(53(45,46)30-14-15-34-35(21-30)51-26-50-34)22-33(43)32(41-38(44)52-36-24-49-37-31(36)16-19-47-37)20-27-10-12-29(13-11-27)48-23-28-8-4-3-5-9-28;1-32(2,16-6-7-17-33)22-35(42(37,38)27-14-15-30-31(19-27)41-23-40-30)20-29(36)28(34)18-24-10-12-26(13-11-24)39-21-25-8-4-3-5-9-25/h3-5,8-15,21,31-33,36-37,43H,6-7,16-17,19-20,22-26H2,1-2H3,(H,41,44);3-5,8-15,19,28-29,36H,6-7,16,18,20-23,34H2,1-2H3/t31-,32-,33+,36?,37+;28-,29+/m00/s1. The van der Waals surface area contributed by atoms with Gasteiger partial charge in [0.2, 0.25) is 33.6 Å². The maximum absolute atomic E-state index is 14.3. The lowest BCUT2D eigenvalue weighted by Crippen LogP contribution is -2.52. The molecule has 0 spiro atoms. The average Bonchev–Trinajstić information content (AvgIpc) is 1.42. The zero-order valence-corrected chi connectivity index (χ0v) is 55.8. The summed E-state index contributed by atoms with van der Waals surface area (Å²) in [7, 11) is -8.22. The van der Waals surface area contributed by atoms with E-state index in [4.69, 9.17) is 58.9 Å². The Hall–Kier alpha value is -8.01. The first kappa shape index (κ1) is 71.3. The van der Waals surface area contributed by atoms with Crippen molar-refractivity contribution in [3.05, 3.63) is 168 Å². The van der Waals surface area contributed by atoms with Gasteiger partial charge in [-0.25, -0.2) is 21.6 Å². The number of fused-ring (bicyclic) bond motifs is 3. The Bertz CT molecular complexity index is 3780. The first-order valence-corrected chi connectivity index (χ1v) is 34.8. The summed E-state index contributed by atoms with van der Waals surface area (Å²) in [4.78, 5) is 13.4. The zero-order valence-electron chi connectivity index (χ0n) is 54.1. The zero-order chi connectivity index (χ0) is 67.6. The van der Waals surface area contributed by atoms with Crippen LogP contribution in [-0.4, -0.2) is 131 Å². The predicted molar refractivity (Wildman–Crippen MR) is 352 cm³/mol. The molecule has 22 nitrogen and oxygen atoms in total. The molecule has 0 aromatic heterocycles. The Balaban J connectivity index is 0.000000230. The van der Waals surface area contributed by atoms with Gasteiger partial charge < -0.3 is 63.9 Å². The topological polar surface area (TPSA) is 301 Å². The fraction of sp³-hybridized carbons (Fsp3) is 0.451. The van der Waals surface area contributed by atoms with Crippen molar-refractivity contribution in [1.82, 2.24) is 13.9 Å². The number of carbonyl (C=O) groups is 1. The number of benzene rings is 6. The van der Waals surface area contributed by atoms with Crippen molar-refractivity contribution in [2.75, 3.05) is 53.0 Å². The van der Waals surface area contributed by atoms with Crippen LogP contribution in [0.3, 0.4) is 0 Å². The number of rotatable bonds is 32. The number of ether oxygens (including phenoxy) is 9. The summed E-state index contributed by atoms with van der Waals surface area (Å²) >= 11 is 0. The van der Waals surface area contributed by atoms with Crippen LogP contribution in [0.5, 0.6) is 34.5 Å². The largest absolute Gasteiger partial charge is 0.489 e. The minimum absolute atomic E-state index is 0.0157. The fourth-order valence-corrected chi connectivity index (χ4v) is 15.0. The van der Waals surface area contributed by atoms with Crippen LogP contribution in [-0.2, 0) is 60.3 Å². The van der Waals surface area contributed by atoms with E-state index >= 15 is 0 Å². The van der Waals surface area contributed by atoms with Gasteiger partial charge in [0.1, 0.15) is 30.8 Å². The van der Waals surface area contributed by atoms with Gasteiger partial charge in [-0.1, -0.05) is 113 Å². The SMILES string of the molecule is CC(C)(CCCC#N)CN(C[C@@H](O)[C@@H](N)Cc1ccc(OCc2ccccc2)cc1)S(=O)(=O)c1ccc2c(c1)OCO2.CC(C)(CCCC#N)CN(C[C@@H](O)[C@H](Cc1ccc(OCc2ccccc2)cc1)NC(=O)OC1CO[C@H]2OCC[C@@H]12)S(=O)(=O)c1ccc2c(c1)OCO2. The molecular formula is C71H86N6O16S2. The van der Waals surface area contributed by atoms with Crippen LogP contribution in [0.1, 0.15) is 94.9 Å². The van der Waals surface area contributed by atoms with Crippen LogP contribution in [0.15, 0.2) is 155 Å². The fourth-order valence-electron chi connectivity index (χ4n) is 11.7. The van der Waals surface area contributed by atoms with Gasteiger partial charge >= 0.3 is 6.09 Å². The lowest BCUT2D eigenvalue weighted by Gasteiger charge is -2.35. The van der Waals surface area contributed by atoms with E-state index in [0.29, 0.717) is 99.9 Å². The van der Waals surface area contributed by atoms with Crippen LogP contribution in [0.2, 0.25) is 0 Å². The third-order valence-corrected chi connectivity index (χ3v) is 20.6. The molecule has 1 amide bonds. The minimum atomic E-state index is -4.20. The number of nitrogens with one attached hydrogen (secondary N) is 1. The number of hydrogen-bond acceptors (Lipinski definition) is 19. The Morgan fingerprint density at radius 2 is 1.08 bits per heavy atom. The summed E-state index contributed by atoms with van der Waals surface area (Å²) in [6, 6.07) is 46.0. The second kappa shape index (κ2) is 33.1. The highest BCUT2D eigenvalue weighted by Gasteiger charge is 2.45. The molecule has 0 bridgehead atoms. The van der Waals surface area contributed by atoms with Crippen LogP contribution in [0, 0.1) is 39.4 Å². The number of nitriles is 2. The first-order valence-electron chi connectivity index (χ1n) is 31.9. The van der Waals surface area contributed by atoms with Crippen molar-refractivity contribution >= 4 is 26.1 Å². The van der Waals surface area contributed by atoms with E-state index in [1.165, 1.54) is 32.9 Å². The van der Waals surface area contributed by atoms with Crippen molar-refractivity contribution in [3.63, 3.8) is 0 Å². The lowest BCUT2D eigenvalue weighted by molar-refractivity contribution is -0.0907. The molecule has 7 atom stereocenters. The maximum Gasteiger partial charge on any atom is 0.407 e. The summed E-state index contributed by atoms with van der Waals surface area (Å²) in [5, 5.41) is 44.0. The van der Waals surface area contributed by atoms with Gasteiger partial charge in [0.15, 0.2) is 29.3 Å². The van der Waals surface area contributed by atoms with E-state index < -0.39 is 73.7 Å². The monoisotopic (exact) mass is 1340 g/mol. The molecule has 24 heteroatoms. The quantitative estimate of drug-likeness (QED) is 0.0286. The number of alkyl carbamates (subject to hydrolysis) is 1. The van der Waals surface area contributed by atoms with Gasteiger partial charge in [-0.2, -0.15) is 19.1 Å². The Morgan fingerprint density at radius 3 is 1.57 bits per heavy atom. The average molecular weight is 1340 g/mol. The Labute approximate surface area is 557 Å². The van der Waals surface area contributed by atoms with E-state index in [-0.39, 0.29) is 68.5 Å². The van der Waals surface area contributed by atoms with Crippen LogP contribution < -0.4 is 39.5 Å². The molecule has 10 rings (SSSR count). The highest BCUT2D eigenvalue weighted by Crippen LogP contribution is 2.39. The second-order valence-electron chi connectivity index (χ2n) is 25.7. The smallest absolute Gasteiger partial charge is 0.407 e. The van der Waals surface area contributed by atoms with Gasteiger partial charge in [-0.15, -0.1) is 0 Å². The maximum atomic E-state index is 14.3. The van der Waals surface area contributed by atoms with Crippen molar-refractivity contribution in [2.24, 2.45) is 22.5 Å². The van der Waals surface area contributed by atoms with Gasteiger partial charge in [-0.05, 0) is 127 Å². The number of carbonyl (C=O) groups excluding carboxylic acids is 1. The van der Waals surface area contributed by atoms with E-state index in [1.807, 2.05) is 137 Å². The lowest BCUT2D eigenvalue weighted by atomic mass is 9.87. The van der Waals surface area contributed by atoms with Gasteiger partial charge in [0.05, 0.1) is 59.3 Å². The van der Waals surface area contributed by atoms with Crippen LogP contribution in [0.4, 0.5) is 4.79 Å². The molecule has 1 unspecified atom stereocenters. The molecule has 0 saturated carbocycles. The van der Waals surface area contributed by atoms with Gasteiger partial charge in [0.25, 0.3) is 0 Å². The number of nitrogens with two attached hydrogens (primary N) is 1. The van der Waals surface area contributed by atoms with E-state index in [2.05, 4.69) is 17.5 Å². The van der Waals surface area contributed by atoms with Crippen molar-refractivity contribution < 1.29 is 74.5 Å². The summed E-state index contributed by atoms with van der Waals surface area (Å²) in [5.74, 6) is 2.87. The molecule has 4 aliphatic rings. The number of amides is 1. The molecule has 5 N–H and O–H groups in total. The Morgan fingerprint density at radius 1 is 0.621 bits per heavy atom. The van der Waals surface area contributed by atoms with Crippen molar-refractivity contribution in [3.8, 4) is 46.6 Å². The molecule has 2 saturated heterocycles. The molecule has 0 radical (unpaired) electrons. The van der Waals surface area contributed by atoms with Crippen LogP contribution in [0.25, 0.3) is 0 Å². The predicted octanol–water partition coefficient (Wildman–Crippen LogP) is 9.80. The van der Waals surface area contributed by atoms with E-state index in [0.717, 1.165) is 28.0 Å². The number of hydrogen-bond donors (Lipinski definition) is 4. The van der Waals surface area contributed by atoms with Crippen molar-refractivity contribution in [1.29, 1.82) is 10.5 Å². The molecule has 0 aliphatic carbocycles. The highest BCUT2D eigenvalue weighted by atomic mass is 32.2. The number of sulfonamides is 2. The normalized spacial score (nSPS) is 17.7. The Kier molecular flexibility index (Phi) is 24.8. The summed E-state index contributed by atoms with van der Waals surface area (Å²) < 4.78 is 109. The second-order valence-corrected chi connectivity index (χ2v) is 29.6. The molecular weight excluding hydrogens is 1260 g/mol. The molecule has 508 valence electrons. The third-order valence-electron chi connectivity index (χ3n) is 17.0. The molecule has 95 heavy (non-hydrogen) atoms. The molecule has 6 aromatic rings. The highest BCUT2D eigenvalue weighted by molar-refractivity contribution is 7.89. The van der Waals surface area contributed by atoms with E-state index in [9.17, 15) is 31.8 Å². The molecule has 4 aliphatic heterocycles. The minimum Gasteiger partial charge on any atom is -0.489 e. The van der Waals surface area contributed by atoms with Gasteiger partial charge in [0, 0.05) is 57.2 Å². The first-order chi connectivity index (χ1) is 45.6. The number of nitrogens with zero attached hydrogens (tertiary/aromatic N) is 4. The molecule has 2 fully saturated rings. The van der Waals surface area contributed by atoms with E-state index in [1.54, 1.807) is 12.1 Å². The van der Waals surface area contributed by atoms with Gasteiger partial charge in [-0.3, -0.25) is 0 Å². The summed E-state index contributed by atoms with van der Waals surface area (Å²) in [5.41, 5.74) is 9.18. The van der Waals surface area contributed by atoms with Crippen molar-refractivity contribution in [2.45, 2.75) is 145 Å². The number of aliphatic hydroxyl groups is 2.